The van der Waals surface area contributed by atoms with Crippen molar-refractivity contribution < 1.29 is 0 Å². The van der Waals surface area contributed by atoms with Gasteiger partial charge in [-0.3, -0.25) is 0 Å². The third-order valence-electron chi connectivity index (χ3n) is 4.25. The van der Waals surface area contributed by atoms with Crippen molar-refractivity contribution in [3.63, 3.8) is 0 Å². The lowest BCUT2D eigenvalue weighted by atomic mass is 9.94. The highest BCUT2D eigenvalue weighted by Crippen LogP contribution is 2.21. The monoisotopic (exact) mass is 273 g/mol. The Morgan fingerprint density at radius 3 is 2.65 bits per heavy atom. The van der Waals surface area contributed by atoms with Crippen LogP contribution >= 0.6 is 0 Å². The average Bonchev–Trinajstić information content (AvgIpc) is 2.45. The van der Waals surface area contributed by atoms with Crippen molar-refractivity contribution >= 4 is 5.82 Å². The van der Waals surface area contributed by atoms with Crippen molar-refractivity contribution in [3.8, 4) is 6.07 Å². The van der Waals surface area contributed by atoms with Gasteiger partial charge >= 0.3 is 0 Å². The summed E-state index contributed by atoms with van der Waals surface area (Å²) in [5.41, 5.74) is 2.37. The number of nitrogens with one attached hydrogen (secondary N) is 1. The lowest BCUT2D eigenvalue weighted by Gasteiger charge is -2.28. The quantitative estimate of drug-likeness (QED) is 0.910. The maximum absolute atomic E-state index is 9.24. The first-order valence-electron chi connectivity index (χ1n) is 7.28. The molecule has 1 aromatic heterocycles. The maximum Gasteiger partial charge on any atom is 0.166 e. The van der Waals surface area contributed by atoms with E-state index in [1.807, 2.05) is 13.8 Å². The number of rotatable bonds is 4. The number of piperidine rings is 1. The molecule has 0 aliphatic carbocycles. The number of aryl methyl sites for hydroxylation is 1. The Morgan fingerprint density at radius 2 is 2.00 bits per heavy atom. The van der Waals surface area contributed by atoms with Crippen molar-refractivity contribution in [1.29, 1.82) is 5.26 Å². The zero-order valence-electron chi connectivity index (χ0n) is 12.6. The molecule has 0 saturated carbocycles. The third kappa shape index (κ3) is 3.45. The summed E-state index contributed by atoms with van der Waals surface area (Å²) in [6, 6.07) is 2.23. The summed E-state index contributed by atoms with van der Waals surface area (Å²) in [5, 5.41) is 20.7. The van der Waals surface area contributed by atoms with E-state index in [1.165, 1.54) is 25.9 Å². The van der Waals surface area contributed by atoms with Crippen LogP contribution in [0.2, 0.25) is 0 Å². The van der Waals surface area contributed by atoms with Gasteiger partial charge in [-0.2, -0.15) is 10.4 Å². The Balaban J connectivity index is 1.89. The molecular formula is C15H23N5. The van der Waals surface area contributed by atoms with E-state index >= 15 is 0 Å². The smallest absolute Gasteiger partial charge is 0.166 e. The minimum atomic E-state index is 0.626. The molecule has 5 heteroatoms. The number of hydrogen-bond donors (Lipinski definition) is 1. The molecule has 2 heterocycles. The number of likely N-dealkylation sites (tertiary alicyclic amines) is 1. The van der Waals surface area contributed by atoms with Crippen LogP contribution in [0, 0.1) is 31.1 Å². The van der Waals surface area contributed by atoms with Crippen LogP contribution in [0.5, 0.6) is 0 Å². The fraction of sp³-hybridized carbons (Fsp3) is 0.667. The summed E-state index contributed by atoms with van der Waals surface area (Å²) < 4.78 is 0. The Hall–Kier alpha value is -1.67. The summed E-state index contributed by atoms with van der Waals surface area (Å²) in [6.07, 6.45) is 3.66. The average molecular weight is 273 g/mol. The second-order valence-corrected chi connectivity index (χ2v) is 5.71. The SMILES string of the molecule is Cc1nnc(NCCC2CCN(C)CC2)c(C#N)c1C. The highest BCUT2D eigenvalue weighted by molar-refractivity contribution is 5.55. The predicted molar refractivity (Wildman–Crippen MR) is 79.5 cm³/mol. The summed E-state index contributed by atoms with van der Waals surface area (Å²) in [4.78, 5) is 2.38. The molecule has 0 spiro atoms. The van der Waals surface area contributed by atoms with Crippen LogP contribution < -0.4 is 5.32 Å². The molecule has 0 bridgehead atoms. The molecule has 1 fully saturated rings. The minimum Gasteiger partial charge on any atom is -0.367 e. The van der Waals surface area contributed by atoms with Gasteiger partial charge in [0.15, 0.2) is 5.82 Å². The highest BCUT2D eigenvalue weighted by Gasteiger charge is 2.16. The molecule has 1 aliphatic rings. The van der Waals surface area contributed by atoms with Crippen LogP contribution in [-0.2, 0) is 0 Å². The predicted octanol–water partition coefficient (Wildman–Crippen LogP) is 2.11. The summed E-state index contributed by atoms with van der Waals surface area (Å²) in [5.74, 6) is 1.41. The molecule has 0 radical (unpaired) electrons. The first kappa shape index (κ1) is 14.7. The molecule has 0 aromatic carbocycles. The van der Waals surface area contributed by atoms with Crippen LogP contribution in [0.3, 0.4) is 0 Å². The molecule has 1 aromatic rings. The Morgan fingerprint density at radius 1 is 1.30 bits per heavy atom. The van der Waals surface area contributed by atoms with Gasteiger partial charge in [0.05, 0.1) is 5.69 Å². The topological polar surface area (TPSA) is 64.8 Å². The molecule has 0 amide bonds. The van der Waals surface area contributed by atoms with Crippen LogP contribution in [0.25, 0.3) is 0 Å². The molecule has 0 atom stereocenters. The number of anilines is 1. The van der Waals surface area contributed by atoms with Crippen molar-refractivity contribution in [2.24, 2.45) is 5.92 Å². The van der Waals surface area contributed by atoms with Crippen molar-refractivity contribution in [2.75, 3.05) is 32.0 Å². The van der Waals surface area contributed by atoms with Gasteiger partial charge in [0.2, 0.25) is 0 Å². The van der Waals surface area contributed by atoms with E-state index < -0.39 is 0 Å². The molecule has 1 aliphatic heterocycles. The van der Waals surface area contributed by atoms with Crippen molar-refractivity contribution in [3.05, 3.63) is 16.8 Å². The van der Waals surface area contributed by atoms with Gasteiger partial charge < -0.3 is 10.2 Å². The number of aromatic nitrogens is 2. The van der Waals surface area contributed by atoms with E-state index in [0.717, 1.165) is 30.1 Å². The standard InChI is InChI=1S/C15H23N5/c1-11-12(2)18-19-15(14(11)10-16)17-7-4-13-5-8-20(3)9-6-13/h13H,4-9H2,1-3H3,(H,17,19). The molecule has 108 valence electrons. The van der Waals surface area contributed by atoms with Crippen LogP contribution in [0.15, 0.2) is 0 Å². The van der Waals surface area contributed by atoms with E-state index in [1.54, 1.807) is 0 Å². The number of nitrogens with zero attached hydrogens (tertiary/aromatic N) is 4. The first-order valence-corrected chi connectivity index (χ1v) is 7.28. The van der Waals surface area contributed by atoms with E-state index in [2.05, 4.69) is 33.5 Å². The van der Waals surface area contributed by atoms with Crippen molar-refractivity contribution in [2.45, 2.75) is 33.1 Å². The van der Waals surface area contributed by atoms with E-state index in [0.29, 0.717) is 11.4 Å². The normalized spacial score (nSPS) is 16.9. The van der Waals surface area contributed by atoms with Gasteiger partial charge in [-0.1, -0.05) is 0 Å². The fourth-order valence-corrected chi connectivity index (χ4v) is 2.61. The van der Waals surface area contributed by atoms with Gasteiger partial charge in [0.1, 0.15) is 11.6 Å². The summed E-state index contributed by atoms with van der Waals surface area (Å²) in [7, 11) is 2.18. The lowest BCUT2D eigenvalue weighted by molar-refractivity contribution is 0.215. The molecule has 2 rings (SSSR count). The molecule has 1 N–H and O–H groups in total. The van der Waals surface area contributed by atoms with E-state index in [9.17, 15) is 5.26 Å². The lowest BCUT2D eigenvalue weighted by Crippen LogP contribution is -2.31. The first-order chi connectivity index (χ1) is 9.61. The molecule has 1 saturated heterocycles. The van der Waals surface area contributed by atoms with Crippen LogP contribution in [0.1, 0.15) is 36.1 Å². The molecule has 20 heavy (non-hydrogen) atoms. The van der Waals surface area contributed by atoms with E-state index in [4.69, 9.17) is 0 Å². The number of nitriles is 1. The van der Waals surface area contributed by atoms with Gasteiger partial charge in [-0.05, 0) is 64.7 Å². The minimum absolute atomic E-state index is 0.626. The largest absolute Gasteiger partial charge is 0.367 e. The second-order valence-electron chi connectivity index (χ2n) is 5.71. The molecule has 5 nitrogen and oxygen atoms in total. The van der Waals surface area contributed by atoms with Gasteiger partial charge in [0.25, 0.3) is 0 Å². The van der Waals surface area contributed by atoms with Gasteiger partial charge in [-0.15, -0.1) is 5.10 Å². The molecular weight excluding hydrogens is 250 g/mol. The Labute approximate surface area is 121 Å². The Kier molecular flexibility index (Phi) is 4.91. The Bertz CT molecular complexity index is 498. The van der Waals surface area contributed by atoms with Gasteiger partial charge in [0, 0.05) is 6.54 Å². The summed E-state index contributed by atoms with van der Waals surface area (Å²) >= 11 is 0. The van der Waals surface area contributed by atoms with Gasteiger partial charge in [-0.25, -0.2) is 0 Å². The highest BCUT2D eigenvalue weighted by atomic mass is 15.2. The maximum atomic E-state index is 9.24. The van der Waals surface area contributed by atoms with E-state index in [-0.39, 0.29) is 0 Å². The fourth-order valence-electron chi connectivity index (χ4n) is 2.61. The van der Waals surface area contributed by atoms with Crippen LogP contribution in [0.4, 0.5) is 5.82 Å². The van der Waals surface area contributed by atoms with Crippen LogP contribution in [-0.4, -0.2) is 41.8 Å². The zero-order valence-corrected chi connectivity index (χ0v) is 12.6. The second kappa shape index (κ2) is 6.67. The zero-order chi connectivity index (χ0) is 14.5. The third-order valence-corrected chi connectivity index (χ3v) is 4.25. The van der Waals surface area contributed by atoms with Crippen molar-refractivity contribution in [1.82, 2.24) is 15.1 Å². The molecule has 0 unspecified atom stereocenters. The summed E-state index contributed by atoms with van der Waals surface area (Å²) in [6.45, 7) is 7.05. The number of hydrogen-bond acceptors (Lipinski definition) is 5.